The molecule has 9 nitrogen and oxygen atoms in total. The summed E-state index contributed by atoms with van der Waals surface area (Å²) in [6.45, 7) is 8.38. The van der Waals surface area contributed by atoms with Gasteiger partial charge in [-0.25, -0.2) is 12.7 Å². The van der Waals surface area contributed by atoms with Crippen LogP contribution in [-0.4, -0.2) is 95.1 Å². The van der Waals surface area contributed by atoms with Crippen molar-refractivity contribution < 1.29 is 21.0 Å². The van der Waals surface area contributed by atoms with E-state index in [2.05, 4.69) is 28.6 Å². The minimum absolute atomic E-state index is 0.261. The van der Waals surface area contributed by atoms with Crippen LogP contribution in [0.5, 0.6) is 0 Å². The molecule has 11 heteroatoms. The average Bonchev–Trinajstić information content (AvgIpc) is 3.23. The Bertz CT molecular complexity index is 1070. The van der Waals surface area contributed by atoms with Crippen LogP contribution in [0.15, 0.2) is 34.2 Å². The van der Waals surface area contributed by atoms with Crippen molar-refractivity contribution in [3.8, 4) is 0 Å². The first-order chi connectivity index (χ1) is 15.5. The number of sulfonamides is 1. The minimum Gasteiger partial charge on any atom is -0.339 e. The van der Waals surface area contributed by atoms with Crippen molar-refractivity contribution in [2.45, 2.75) is 43.5 Å². The van der Waals surface area contributed by atoms with Gasteiger partial charge in [0.15, 0.2) is 0 Å². The van der Waals surface area contributed by atoms with Crippen LogP contribution in [0.25, 0.3) is 0 Å². The summed E-state index contributed by atoms with van der Waals surface area (Å²) < 4.78 is 55.3. The molecule has 0 unspecified atom stereocenters. The van der Waals surface area contributed by atoms with Gasteiger partial charge in [-0.3, -0.25) is 14.1 Å². The van der Waals surface area contributed by atoms with Gasteiger partial charge in [0.05, 0.1) is 30.8 Å². The highest BCUT2D eigenvalue weighted by Gasteiger charge is 2.38. The Morgan fingerprint density at radius 3 is 2.21 bits per heavy atom. The SMILES string of the molecule is CC(C)c1ccc(S(=O)(=O)N2CCN=C2N2CCN(C3CC(COS(C)(=O)=O)C3)CC2)cc1. The van der Waals surface area contributed by atoms with Gasteiger partial charge in [0, 0.05) is 32.2 Å². The van der Waals surface area contributed by atoms with E-state index < -0.39 is 20.1 Å². The van der Waals surface area contributed by atoms with Gasteiger partial charge in [0.25, 0.3) is 20.1 Å². The predicted molar refractivity (Wildman–Crippen MR) is 127 cm³/mol. The molecule has 0 atom stereocenters. The van der Waals surface area contributed by atoms with Crippen LogP contribution in [0, 0.1) is 5.92 Å². The van der Waals surface area contributed by atoms with Gasteiger partial charge in [-0.15, -0.1) is 0 Å². The topological polar surface area (TPSA) is 99.6 Å². The number of nitrogens with zero attached hydrogens (tertiary/aromatic N) is 4. The molecule has 2 heterocycles. The average molecular weight is 499 g/mol. The summed E-state index contributed by atoms with van der Waals surface area (Å²) in [5, 5.41) is 0. The Labute approximate surface area is 197 Å². The zero-order chi connectivity index (χ0) is 23.8. The molecule has 0 N–H and O–H groups in total. The Kier molecular flexibility index (Phi) is 7.05. The van der Waals surface area contributed by atoms with E-state index in [1.807, 2.05) is 12.1 Å². The summed E-state index contributed by atoms with van der Waals surface area (Å²) in [5.74, 6) is 1.18. The van der Waals surface area contributed by atoms with E-state index in [4.69, 9.17) is 4.18 Å². The summed E-state index contributed by atoms with van der Waals surface area (Å²) in [7, 11) is -7.03. The lowest BCUT2D eigenvalue weighted by Gasteiger charge is -2.47. The quantitative estimate of drug-likeness (QED) is 0.526. The van der Waals surface area contributed by atoms with Crippen LogP contribution in [0.4, 0.5) is 0 Å². The lowest BCUT2D eigenvalue weighted by atomic mass is 9.79. The van der Waals surface area contributed by atoms with Gasteiger partial charge in [0.2, 0.25) is 5.96 Å². The van der Waals surface area contributed by atoms with E-state index in [0.29, 0.717) is 35.9 Å². The maximum Gasteiger partial charge on any atom is 0.266 e. The third kappa shape index (κ3) is 5.52. The van der Waals surface area contributed by atoms with Crippen molar-refractivity contribution in [3.05, 3.63) is 29.8 Å². The van der Waals surface area contributed by atoms with Crippen molar-refractivity contribution in [2.75, 3.05) is 52.1 Å². The molecule has 1 saturated heterocycles. The molecular formula is C22H34N4O5S2. The first kappa shape index (κ1) is 24.4. The van der Waals surface area contributed by atoms with Gasteiger partial charge in [-0.1, -0.05) is 26.0 Å². The van der Waals surface area contributed by atoms with Crippen molar-refractivity contribution in [2.24, 2.45) is 10.9 Å². The lowest BCUT2D eigenvalue weighted by Crippen LogP contribution is -2.57. The van der Waals surface area contributed by atoms with Gasteiger partial charge in [-0.2, -0.15) is 8.42 Å². The molecule has 3 aliphatic rings. The Hall–Kier alpha value is -1.69. The lowest BCUT2D eigenvalue weighted by molar-refractivity contribution is 0.0309. The fourth-order valence-electron chi connectivity index (χ4n) is 4.70. The molecule has 0 aromatic heterocycles. The smallest absolute Gasteiger partial charge is 0.266 e. The van der Waals surface area contributed by atoms with Crippen LogP contribution >= 0.6 is 0 Å². The molecule has 2 aliphatic heterocycles. The molecule has 1 saturated carbocycles. The number of aliphatic imine (C=N–C) groups is 1. The molecule has 1 aromatic rings. The maximum absolute atomic E-state index is 13.3. The molecule has 0 spiro atoms. The summed E-state index contributed by atoms with van der Waals surface area (Å²) in [6.07, 6.45) is 2.95. The molecule has 2 fully saturated rings. The van der Waals surface area contributed by atoms with E-state index in [0.717, 1.165) is 50.8 Å². The third-order valence-electron chi connectivity index (χ3n) is 6.76. The second-order valence-corrected chi connectivity index (χ2v) is 13.0. The first-order valence-corrected chi connectivity index (χ1v) is 14.8. The highest BCUT2D eigenvalue weighted by Crippen LogP contribution is 2.33. The molecule has 4 rings (SSSR count). The standard InChI is InChI=1S/C22H34N4O5S2/c1-17(2)19-4-6-21(7-5-19)33(29,30)26-9-8-23-22(26)25-12-10-24(11-13-25)20-14-18(15-20)16-31-32(3,27)28/h4-7,17-18,20H,8-16H2,1-3H3. The molecule has 1 aliphatic carbocycles. The first-order valence-electron chi connectivity index (χ1n) is 11.5. The number of hydrogen-bond donors (Lipinski definition) is 0. The van der Waals surface area contributed by atoms with E-state index in [1.54, 1.807) is 12.1 Å². The molecule has 1 aromatic carbocycles. The van der Waals surface area contributed by atoms with E-state index in [-0.39, 0.29) is 12.5 Å². The summed E-state index contributed by atoms with van der Waals surface area (Å²) in [5.41, 5.74) is 1.11. The predicted octanol–water partition coefficient (Wildman–Crippen LogP) is 1.54. The zero-order valence-electron chi connectivity index (χ0n) is 19.6. The van der Waals surface area contributed by atoms with E-state index >= 15 is 0 Å². The minimum atomic E-state index is -3.64. The van der Waals surface area contributed by atoms with E-state index in [1.165, 1.54) is 4.31 Å². The van der Waals surface area contributed by atoms with Crippen molar-refractivity contribution >= 4 is 26.1 Å². The molecular weight excluding hydrogens is 464 g/mol. The Morgan fingerprint density at radius 2 is 1.64 bits per heavy atom. The molecule has 0 radical (unpaired) electrons. The highest BCUT2D eigenvalue weighted by molar-refractivity contribution is 7.89. The molecule has 0 amide bonds. The summed E-state index contributed by atoms with van der Waals surface area (Å²) in [6, 6.07) is 7.59. The zero-order valence-corrected chi connectivity index (χ0v) is 21.2. The molecule has 184 valence electrons. The van der Waals surface area contributed by atoms with Crippen LogP contribution in [-0.2, 0) is 24.3 Å². The highest BCUT2D eigenvalue weighted by atomic mass is 32.2. The number of hydrogen-bond acceptors (Lipinski definition) is 8. The monoisotopic (exact) mass is 498 g/mol. The van der Waals surface area contributed by atoms with Gasteiger partial charge < -0.3 is 4.90 Å². The maximum atomic E-state index is 13.3. The van der Waals surface area contributed by atoms with Crippen molar-refractivity contribution in [1.29, 1.82) is 0 Å². The van der Waals surface area contributed by atoms with Crippen LogP contribution < -0.4 is 0 Å². The number of rotatable bonds is 7. The van der Waals surface area contributed by atoms with Gasteiger partial charge in [-0.05, 0) is 42.4 Å². The van der Waals surface area contributed by atoms with E-state index in [9.17, 15) is 16.8 Å². The number of guanidine groups is 1. The van der Waals surface area contributed by atoms with Crippen molar-refractivity contribution in [3.63, 3.8) is 0 Å². The second-order valence-electron chi connectivity index (χ2n) is 9.49. The molecule has 0 bridgehead atoms. The second kappa shape index (κ2) is 9.52. The fourth-order valence-corrected chi connectivity index (χ4v) is 6.58. The molecule has 33 heavy (non-hydrogen) atoms. The fraction of sp³-hybridized carbons (Fsp3) is 0.682. The van der Waals surface area contributed by atoms with Crippen LogP contribution in [0.3, 0.4) is 0 Å². The number of piperazine rings is 1. The Balaban J connectivity index is 1.32. The summed E-state index contributed by atoms with van der Waals surface area (Å²) >= 11 is 0. The Morgan fingerprint density at radius 1 is 1.00 bits per heavy atom. The third-order valence-corrected chi connectivity index (χ3v) is 9.11. The van der Waals surface area contributed by atoms with Crippen LogP contribution in [0.2, 0.25) is 0 Å². The van der Waals surface area contributed by atoms with Crippen LogP contribution in [0.1, 0.15) is 38.2 Å². The van der Waals surface area contributed by atoms with Gasteiger partial charge in [0.1, 0.15) is 0 Å². The van der Waals surface area contributed by atoms with Crippen molar-refractivity contribution in [1.82, 2.24) is 14.1 Å². The summed E-state index contributed by atoms with van der Waals surface area (Å²) in [4.78, 5) is 9.33. The largest absolute Gasteiger partial charge is 0.339 e. The van der Waals surface area contributed by atoms with Gasteiger partial charge >= 0.3 is 0 Å². The normalized spacial score (nSPS) is 24.8. The number of benzene rings is 1.